The van der Waals surface area contributed by atoms with Crippen LogP contribution in [0, 0.1) is 0 Å². The van der Waals surface area contributed by atoms with Crippen molar-refractivity contribution in [2.75, 3.05) is 11.1 Å². The molecule has 1 aromatic carbocycles. The van der Waals surface area contributed by atoms with E-state index in [0.717, 1.165) is 22.9 Å². The topological polar surface area (TPSA) is 57.8 Å². The van der Waals surface area contributed by atoms with Crippen molar-refractivity contribution in [3.63, 3.8) is 0 Å². The summed E-state index contributed by atoms with van der Waals surface area (Å²) < 4.78 is 0. The summed E-state index contributed by atoms with van der Waals surface area (Å²) in [5.74, 6) is 2.85. The second-order valence-electron chi connectivity index (χ2n) is 5.13. The lowest BCUT2D eigenvalue weighted by atomic mass is 10.1. The first-order chi connectivity index (χ1) is 10.1. The molecule has 2 N–H and O–H groups in total. The SMILES string of the molecule is CCSCc1ccc(Nc2nc(C(C)C)cc(=O)[nH]2)cc1. The number of H-pyrrole nitrogens is 1. The summed E-state index contributed by atoms with van der Waals surface area (Å²) in [5.41, 5.74) is 2.87. The Kier molecular flexibility index (Phi) is 5.44. The zero-order chi connectivity index (χ0) is 15.2. The van der Waals surface area contributed by atoms with Gasteiger partial charge in [-0.3, -0.25) is 9.78 Å². The number of aromatic amines is 1. The van der Waals surface area contributed by atoms with E-state index in [9.17, 15) is 4.79 Å². The molecule has 1 aromatic heterocycles. The Morgan fingerprint density at radius 2 is 2.00 bits per heavy atom. The second-order valence-corrected chi connectivity index (χ2v) is 6.41. The lowest BCUT2D eigenvalue weighted by molar-refractivity contribution is 0.812. The summed E-state index contributed by atoms with van der Waals surface area (Å²) in [4.78, 5) is 18.8. The van der Waals surface area contributed by atoms with Crippen LogP contribution in [0.1, 0.15) is 37.9 Å². The molecule has 0 saturated heterocycles. The first-order valence-corrected chi connectivity index (χ1v) is 8.29. The number of rotatable bonds is 6. The highest BCUT2D eigenvalue weighted by atomic mass is 32.2. The van der Waals surface area contributed by atoms with Gasteiger partial charge in [-0.2, -0.15) is 11.8 Å². The molecular weight excluding hydrogens is 282 g/mol. The van der Waals surface area contributed by atoms with Gasteiger partial charge in [0.25, 0.3) is 5.56 Å². The molecule has 0 amide bonds. The van der Waals surface area contributed by atoms with E-state index in [1.165, 1.54) is 5.56 Å². The summed E-state index contributed by atoms with van der Waals surface area (Å²) in [6, 6.07) is 9.74. The highest BCUT2D eigenvalue weighted by Crippen LogP contribution is 2.18. The monoisotopic (exact) mass is 303 g/mol. The predicted octanol–water partition coefficient (Wildman–Crippen LogP) is 3.89. The van der Waals surface area contributed by atoms with Crippen LogP contribution in [0.4, 0.5) is 11.6 Å². The van der Waals surface area contributed by atoms with Crippen molar-refractivity contribution < 1.29 is 0 Å². The minimum atomic E-state index is -0.132. The number of benzene rings is 1. The Labute approximate surface area is 129 Å². The molecule has 112 valence electrons. The number of hydrogen-bond donors (Lipinski definition) is 2. The highest BCUT2D eigenvalue weighted by Gasteiger charge is 2.05. The Balaban J connectivity index is 2.12. The van der Waals surface area contributed by atoms with Crippen molar-refractivity contribution in [3.05, 3.63) is 51.9 Å². The minimum Gasteiger partial charge on any atom is -0.326 e. The Hall–Kier alpha value is -1.75. The summed E-state index contributed by atoms with van der Waals surface area (Å²) in [6.07, 6.45) is 0. The lowest BCUT2D eigenvalue weighted by Gasteiger charge is -2.09. The van der Waals surface area contributed by atoms with Gasteiger partial charge < -0.3 is 5.32 Å². The fraction of sp³-hybridized carbons (Fsp3) is 0.375. The molecule has 0 aliphatic heterocycles. The van der Waals surface area contributed by atoms with E-state index in [1.54, 1.807) is 6.07 Å². The van der Waals surface area contributed by atoms with Crippen LogP contribution in [0.25, 0.3) is 0 Å². The second kappa shape index (κ2) is 7.31. The lowest BCUT2D eigenvalue weighted by Crippen LogP contribution is -2.12. The Morgan fingerprint density at radius 3 is 2.62 bits per heavy atom. The van der Waals surface area contributed by atoms with Crippen molar-refractivity contribution in [1.29, 1.82) is 0 Å². The van der Waals surface area contributed by atoms with Gasteiger partial charge in [0.05, 0.1) is 5.69 Å². The molecule has 2 aromatic rings. The smallest absolute Gasteiger partial charge is 0.252 e. The van der Waals surface area contributed by atoms with E-state index in [1.807, 2.05) is 37.7 Å². The molecule has 5 heteroatoms. The molecule has 2 rings (SSSR count). The van der Waals surface area contributed by atoms with Crippen molar-refractivity contribution in [3.8, 4) is 0 Å². The average Bonchev–Trinajstić information content (AvgIpc) is 2.46. The van der Waals surface area contributed by atoms with Crippen LogP contribution >= 0.6 is 11.8 Å². The molecule has 1 heterocycles. The van der Waals surface area contributed by atoms with Gasteiger partial charge in [-0.05, 0) is 29.4 Å². The maximum Gasteiger partial charge on any atom is 0.252 e. The molecule has 0 saturated carbocycles. The molecule has 0 spiro atoms. The number of anilines is 2. The third kappa shape index (κ3) is 4.63. The van der Waals surface area contributed by atoms with Crippen LogP contribution in [0.5, 0.6) is 0 Å². The first kappa shape index (κ1) is 15.6. The number of nitrogens with zero attached hydrogens (tertiary/aromatic N) is 1. The molecular formula is C16H21N3OS. The van der Waals surface area contributed by atoms with Crippen molar-refractivity contribution in [1.82, 2.24) is 9.97 Å². The molecule has 0 atom stereocenters. The third-order valence-corrected chi connectivity index (χ3v) is 3.99. The molecule has 4 nitrogen and oxygen atoms in total. The number of nitrogens with one attached hydrogen (secondary N) is 2. The van der Waals surface area contributed by atoms with E-state index in [-0.39, 0.29) is 11.5 Å². The van der Waals surface area contributed by atoms with Crippen LogP contribution < -0.4 is 10.9 Å². The summed E-state index contributed by atoms with van der Waals surface area (Å²) in [7, 11) is 0. The van der Waals surface area contributed by atoms with Gasteiger partial charge in [-0.1, -0.05) is 32.9 Å². The minimum absolute atomic E-state index is 0.132. The van der Waals surface area contributed by atoms with Crippen LogP contribution in [0.15, 0.2) is 35.1 Å². The zero-order valence-corrected chi connectivity index (χ0v) is 13.5. The van der Waals surface area contributed by atoms with Gasteiger partial charge in [-0.25, -0.2) is 4.98 Å². The predicted molar refractivity (Wildman–Crippen MR) is 90.5 cm³/mol. The van der Waals surface area contributed by atoms with Crippen LogP contribution in [0.2, 0.25) is 0 Å². The molecule has 0 aliphatic carbocycles. The maximum absolute atomic E-state index is 11.6. The van der Waals surface area contributed by atoms with Gasteiger partial charge >= 0.3 is 0 Å². The quantitative estimate of drug-likeness (QED) is 0.850. The molecule has 0 unspecified atom stereocenters. The Bertz CT molecular complexity index is 635. The third-order valence-electron chi connectivity index (χ3n) is 3.04. The average molecular weight is 303 g/mol. The van der Waals surface area contributed by atoms with E-state index >= 15 is 0 Å². The highest BCUT2D eigenvalue weighted by molar-refractivity contribution is 7.98. The molecule has 0 aliphatic rings. The fourth-order valence-corrected chi connectivity index (χ4v) is 2.50. The van der Waals surface area contributed by atoms with Gasteiger partial charge in [0.1, 0.15) is 0 Å². The Morgan fingerprint density at radius 1 is 1.29 bits per heavy atom. The van der Waals surface area contributed by atoms with E-state index in [4.69, 9.17) is 0 Å². The largest absolute Gasteiger partial charge is 0.326 e. The van der Waals surface area contributed by atoms with Gasteiger partial charge in [0, 0.05) is 17.5 Å². The van der Waals surface area contributed by atoms with Crippen LogP contribution in [-0.2, 0) is 5.75 Å². The van der Waals surface area contributed by atoms with Gasteiger partial charge in [0.15, 0.2) is 0 Å². The molecule has 0 bridgehead atoms. The van der Waals surface area contributed by atoms with Crippen LogP contribution in [-0.4, -0.2) is 15.7 Å². The first-order valence-electron chi connectivity index (χ1n) is 7.13. The van der Waals surface area contributed by atoms with Gasteiger partial charge in [-0.15, -0.1) is 0 Å². The zero-order valence-electron chi connectivity index (χ0n) is 12.6. The van der Waals surface area contributed by atoms with E-state index in [2.05, 4.69) is 34.3 Å². The van der Waals surface area contributed by atoms with E-state index < -0.39 is 0 Å². The molecule has 0 fully saturated rings. The van der Waals surface area contributed by atoms with Crippen molar-refractivity contribution in [2.24, 2.45) is 0 Å². The van der Waals surface area contributed by atoms with Gasteiger partial charge in [0.2, 0.25) is 5.95 Å². The maximum atomic E-state index is 11.6. The molecule has 21 heavy (non-hydrogen) atoms. The molecule has 0 radical (unpaired) electrons. The van der Waals surface area contributed by atoms with Crippen LogP contribution in [0.3, 0.4) is 0 Å². The normalized spacial score (nSPS) is 10.9. The number of hydrogen-bond acceptors (Lipinski definition) is 4. The standard InChI is InChI=1S/C16H21N3OS/c1-4-21-10-12-5-7-13(8-6-12)17-16-18-14(11(2)3)9-15(20)19-16/h5-9,11H,4,10H2,1-3H3,(H2,17,18,19,20). The van der Waals surface area contributed by atoms with Crippen molar-refractivity contribution in [2.45, 2.75) is 32.4 Å². The summed E-state index contributed by atoms with van der Waals surface area (Å²) >= 11 is 1.90. The van der Waals surface area contributed by atoms with E-state index in [0.29, 0.717) is 5.95 Å². The summed E-state index contributed by atoms with van der Waals surface area (Å²) in [6.45, 7) is 6.20. The summed E-state index contributed by atoms with van der Waals surface area (Å²) in [5, 5.41) is 3.15. The number of thioether (sulfide) groups is 1. The van der Waals surface area contributed by atoms with Crippen molar-refractivity contribution >= 4 is 23.4 Å². The fourth-order valence-electron chi connectivity index (χ4n) is 1.87. The number of aromatic nitrogens is 2.